The van der Waals surface area contributed by atoms with Crippen LogP contribution in [0.3, 0.4) is 0 Å². The number of fused-ring (bicyclic) bond motifs is 2. The van der Waals surface area contributed by atoms with Crippen LogP contribution in [0.2, 0.25) is 0 Å². The number of pyridine rings is 1. The number of para-hydroxylation sites is 1. The second kappa shape index (κ2) is 12.4. The van der Waals surface area contributed by atoms with Gasteiger partial charge in [0.1, 0.15) is 5.82 Å². The van der Waals surface area contributed by atoms with E-state index >= 15 is 0 Å². The van der Waals surface area contributed by atoms with Crippen molar-refractivity contribution in [1.29, 1.82) is 0 Å². The molecule has 1 aliphatic heterocycles. The van der Waals surface area contributed by atoms with Gasteiger partial charge in [-0.05, 0) is 55.4 Å². The molecule has 0 fully saturated rings. The van der Waals surface area contributed by atoms with E-state index in [9.17, 15) is 18.8 Å². The van der Waals surface area contributed by atoms with E-state index in [-0.39, 0.29) is 36.4 Å². The molecule has 0 aliphatic carbocycles. The predicted molar refractivity (Wildman–Crippen MR) is 145 cm³/mol. The van der Waals surface area contributed by atoms with Crippen LogP contribution in [-0.2, 0) is 16.1 Å². The van der Waals surface area contributed by atoms with E-state index in [1.165, 1.54) is 17.0 Å². The first-order valence-electron chi connectivity index (χ1n) is 12.8. The summed E-state index contributed by atoms with van der Waals surface area (Å²) in [5.74, 6) is -0.684. The van der Waals surface area contributed by atoms with Gasteiger partial charge in [-0.15, -0.1) is 0 Å². The number of anilines is 3. The zero-order valence-electron chi connectivity index (χ0n) is 21.7. The Morgan fingerprint density at radius 1 is 0.947 bits per heavy atom. The summed E-state index contributed by atoms with van der Waals surface area (Å²) in [7, 11) is 0. The molecule has 9 heteroatoms. The second-order valence-corrected chi connectivity index (χ2v) is 9.04. The lowest BCUT2D eigenvalue weighted by atomic mass is 10.1. The highest BCUT2D eigenvalue weighted by Crippen LogP contribution is 2.36. The molecule has 0 bridgehead atoms. The number of hydrogen-bond donors (Lipinski definition) is 1. The molecule has 0 spiro atoms. The Balaban J connectivity index is 1.41. The van der Waals surface area contributed by atoms with Gasteiger partial charge in [-0.3, -0.25) is 24.2 Å². The van der Waals surface area contributed by atoms with E-state index in [2.05, 4.69) is 15.2 Å². The summed E-state index contributed by atoms with van der Waals surface area (Å²) < 4.78 is 13.2. The van der Waals surface area contributed by atoms with Crippen molar-refractivity contribution in [2.45, 2.75) is 33.2 Å². The Morgan fingerprint density at radius 3 is 2.45 bits per heavy atom. The minimum Gasteiger partial charge on any atom is -0.342 e. The van der Waals surface area contributed by atoms with Crippen LogP contribution in [0.15, 0.2) is 66.9 Å². The van der Waals surface area contributed by atoms with E-state index in [4.69, 9.17) is 0 Å². The normalized spacial score (nSPS) is 12.4. The fraction of sp³-hybridized carbons (Fsp3) is 0.310. The third kappa shape index (κ3) is 6.23. The number of aromatic nitrogens is 1. The fourth-order valence-electron chi connectivity index (χ4n) is 4.49. The number of carbonyl (C=O) groups excluding carboxylic acids is 3. The minimum atomic E-state index is -0.320. The Kier molecular flexibility index (Phi) is 8.81. The highest BCUT2D eigenvalue weighted by Gasteiger charge is 2.30. The molecular formula is C29H32FN5O3. The molecule has 0 unspecified atom stereocenters. The Hall–Kier alpha value is -4.11. The molecule has 2 aromatic carbocycles. The number of nitrogens with one attached hydrogen (secondary N) is 1. The monoisotopic (exact) mass is 517 g/mol. The van der Waals surface area contributed by atoms with Crippen molar-refractivity contribution in [1.82, 2.24) is 14.8 Å². The van der Waals surface area contributed by atoms with E-state index in [1.54, 1.807) is 59.6 Å². The summed E-state index contributed by atoms with van der Waals surface area (Å²) in [4.78, 5) is 49.0. The van der Waals surface area contributed by atoms with Crippen LogP contribution in [0.4, 0.5) is 21.6 Å². The van der Waals surface area contributed by atoms with Gasteiger partial charge in [0.05, 0.1) is 16.9 Å². The molecule has 1 aromatic heterocycles. The fourth-order valence-corrected chi connectivity index (χ4v) is 4.49. The van der Waals surface area contributed by atoms with Crippen LogP contribution in [0, 0.1) is 5.82 Å². The van der Waals surface area contributed by atoms with Gasteiger partial charge in [0.15, 0.2) is 5.82 Å². The third-order valence-electron chi connectivity index (χ3n) is 6.63. The molecule has 0 saturated carbocycles. The molecular weight excluding hydrogens is 485 g/mol. The number of amides is 3. The largest absolute Gasteiger partial charge is 0.342 e. The number of rotatable bonds is 10. The molecule has 2 heterocycles. The number of carbonyl (C=O) groups is 3. The summed E-state index contributed by atoms with van der Waals surface area (Å²) in [6.45, 7) is 7.11. The van der Waals surface area contributed by atoms with Crippen molar-refractivity contribution in [3.63, 3.8) is 0 Å². The van der Waals surface area contributed by atoms with Crippen molar-refractivity contribution in [3.05, 3.63) is 83.8 Å². The average molecular weight is 518 g/mol. The average Bonchev–Trinajstić information content (AvgIpc) is 3.06. The molecule has 3 aromatic rings. The summed E-state index contributed by atoms with van der Waals surface area (Å²) in [5, 5.41) is 2.81. The zero-order chi connectivity index (χ0) is 27.1. The van der Waals surface area contributed by atoms with Crippen LogP contribution in [-0.4, -0.2) is 58.7 Å². The van der Waals surface area contributed by atoms with Crippen molar-refractivity contribution in [3.8, 4) is 0 Å². The molecule has 198 valence electrons. The molecule has 38 heavy (non-hydrogen) atoms. The first-order chi connectivity index (χ1) is 18.4. The Morgan fingerprint density at radius 2 is 1.71 bits per heavy atom. The van der Waals surface area contributed by atoms with Crippen LogP contribution in [0.25, 0.3) is 0 Å². The number of likely N-dealkylation sites (N-methyl/N-ethyl adjacent to an activating group) is 2. The minimum absolute atomic E-state index is 0.0268. The molecule has 0 radical (unpaired) electrons. The SMILES string of the molecule is CCN(CCN(CC)C(=O)CCC(=O)N1c2ccccc2C(=O)Nc2cccnc21)Cc1ccc(F)cc1. The number of hydrogen-bond acceptors (Lipinski definition) is 5. The van der Waals surface area contributed by atoms with E-state index in [0.717, 1.165) is 12.1 Å². The van der Waals surface area contributed by atoms with Gasteiger partial charge in [0.2, 0.25) is 11.8 Å². The lowest BCUT2D eigenvalue weighted by molar-refractivity contribution is -0.133. The zero-order valence-corrected chi connectivity index (χ0v) is 21.7. The molecule has 1 aliphatic rings. The molecule has 0 saturated heterocycles. The lowest BCUT2D eigenvalue weighted by Crippen LogP contribution is -2.39. The Bertz CT molecular complexity index is 1300. The van der Waals surface area contributed by atoms with Gasteiger partial charge < -0.3 is 10.2 Å². The van der Waals surface area contributed by atoms with Gasteiger partial charge in [0, 0.05) is 45.2 Å². The number of benzene rings is 2. The van der Waals surface area contributed by atoms with Crippen molar-refractivity contribution < 1.29 is 18.8 Å². The Labute approximate surface area is 222 Å². The van der Waals surface area contributed by atoms with Gasteiger partial charge >= 0.3 is 0 Å². The van der Waals surface area contributed by atoms with Crippen LogP contribution in [0.5, 0.6) is 0 Å². The third-order valence-corrected chi connectivity index (χ3v) is 6.63. The summed E-state index contributed by atoms with van der Waals surface area (Å²) in [5.41, 5.74) is 2.24. The summed E-state index contributed by atoms with van der Waals surface area (Å²) in [6, 6.07) is 16.7. The topological polar surface area (TPSA) is 85.9 Å². The summed E-state index contributed by atoms with van der Waals surface area (Å²) >= 11 is 0. The van der Waals surface area contributed by atoms with Crippen LogP contribution < -0.4 is 10.2 Å². The smallest absolute Gasteiger partial charge is 0.257 e. The number of halogens is 1. The van der Waals surface area contributed by atoms with E-state index < -0.39 is 0 Å². The lowest BCUT2D eigenvalue weighted by Gasteiger charge is -2.27. The first kappa shape index (κ1) is 26.9. The van der Waals surface area contributed by atoms with Crippen molar-refractivity contribution in [2.24, 2.45) is 0 Å². The highest BCUT2D eigenvalue weighted by atomic mass is 19.1. The second-order valence-electron chi connectivity index (χ2n) is 9.04. The van der Waals surface area contributed by atoms with Gasteiger partial charge in [-0.25, -0.2) is 9.37 Å². The van der Waals surface area contributed by atoms with E-state index in [0.29, 0.717) is 48.9 Å². The molecule has 0 atom stereocenters. The highest BCUT2D eigenvalue weighted by molar-refractivity contribution is 6.17. The molecule has 4 rings (SSSR count). The maximum Gasteiger partial charge on any atom is 0.257 e. The van der Waals surface area contributed by atoms with Gasteiger partial charge in [-0.1, -0.05) is 31.2 Å². The molecule has 1 N–H and O–H groups in total. The predicted octanol–water partition coefficient (Wildman–Crippen LogP) is 4.60. The quantitative estimate of drug-likeness (QED) is 0.425. The van der Waals surface area contributed by atoms with Crippen LogP contribution >= 0.6 is 0 Å². The maximum absolute atomic E-state index is 13.5. The maximum atomic E-state index is 13.5. The van der Waals surface area contributed by atoms with Crippen molar-refractivity contribution >= 4 is 34.9 Å². The van der Waals surface area contributed by atoms with Crippen LogP contribution in [0.1, 0.15) is 42.6 Å². The van der Waals surface area contributed by atoms with Crippen molar-refractivity contribution in [2.75, 3.05) is 36.4 Å². The molecule has 8 nitrogen and oxygen atoms in total. The van der Waals surface area contributed by atoms with Gasteiger partial charge in [-0.2, -0.15) is 0 Å². The van der Waals surface area contributed by atoms with Gasteiger partial charge in [0.25, 0.3) is 5.91 Å². The summed E-state index contributed by atoms with van der Waals surface area (Å²) in [6.07, 6.45) is 1.58. The van der Waals surface area contributed by atoms with E-state index in [1.807, 2.05) is 13.8 Å². The first-order valence-corrected chi connectivity index (χ1v) is 12.8. The number of nitrogens with zero attached hydrogens (tertiary/aromatic N) is 4. The molecule has 3 amide bonds. The standard InChI is InChI=1S/C29H32FN5O3/c1-3-33(20-21-11-13-22(30)14-12-21)18-19-34(4-2)26(36)15-16-27(37)35-25-10-6-5-8-23(25)29(38)32-24-9-7-17-31-28(24)35/h5-14,17H,3-4,15-16,18-20H2,1-2H3,(H,32,38).